The lowest BCUT2D eigenvalue weighted by atomic mass is 10.0. The monoisotopic (exact) mass is 286 g/mol. The van der Waals surface area contributed by atoms with E-state index in [1.165, 1.54) is 32.1 Å². The first kappa shape index (κ1) is 19.6. The Morgan fingerprint density at radius 1 is 0.750 bits per heavy atom. The van der Waals surface area contributed by atoms with Crippen LogP contribution in [-0.4, -0.2) is 25.8 Å². The van der Waals surface area contributed by atoms with Gasteiger partial charge < -0.3 is 14.2 Å². The molecule has 0 fully saturated rings. The molecule has 0 aromatic rings. The minimum Gasteiger partial charge on any atom is -0.324 e. The van der Waals surface area contributed by atoms with Crippen LogP contribution in [0.2, 0.25) is 0 Å². The van der Waals surface area contributed by atoms with Crippen molar-refractivity contribution in [2.45, 2.75) is 78.6 Å². The average molecular weight is 286 g/mol. The topological polar surface area (TPSA) is 27.7 Å². The smallest absolute Gasteiger partial charge is 0.307 e. The highest BCUT2D eigenvalue weighted by atomic mass is 16.9. The molecule has 0 heterocycles. The van der Waals surface area contributed by atoms with Gasteiger partial charge in [0, 0.05) is 25.4 Å². The van der Waals surface area contributed by atoms with E-state index in [4.69, 9.17) is 14.2 Å². The van der Waals surface area contributed by atoms with Crippen molar-refractivity contribution < 1.29 is 14.2 Å². The van der Waals surface area contributed by atoms with Crippen LogP contribution in [0.15, 0.2) is 12.2 Å². The summed E-state index contributed by atoms with van der Waals surface area (Å²) in [5, 5.41) is 0. The molecule has 0 saturated carbocycles. The van der Waals surface area contributed by atoms with Crippen LogP contribution >= 0.6 is 0 Å². The zero-order valence-electron chi connectivity index (χ0n) is 14.0. The maximum absolute atomic E-state index is 5.72. The fourth-order valence-electron chi connectivity index (χ4n) is 2.27. The lowest BCUT2D eigenvalue weighted by molar-refractivity contribution is -0.353. The van der Waals surface area contributed by atoms with Crippen LogP contribution in [-0.2, 0) is 14.2 Å². The molecule has 0 aliphatic carbocycles. The molecule has 0 rings (SSSR count). The van der Waals surface area contributed by atoms with Crippen LogP contribution in [0.1, 0.15) is 72.6 Å². The summed E-state index contributed by atoms with van der Waals surface area (Å²) in [6, 6.07) is 0. The lowest BCUT2D eigenvalue weighted by Crippen LogP contribution is -2.41. The van der Waals surface area contributed by atoms with Crippen LogP contribution in [0.5, 0.6) is 0 Å². The molecule has 0 saturated heterocycles. The predicted molar refractivity (Wildman–Crippen MR) is 84.7 cm³/mol. The van der Waals surface area contributed by atoms with Crippen molar-refractivity contribution >= 4 is 0 Å². The molecule has 20 heavy (non-hydrogen) atoms. The van der Waals surface area contributed by atoms with Gasteiger partial charge in [0.15, 0.2) is 0 Å². The van der Waals surface area contributed by atoms with Crippen molar-refractivity contribution in [3.8, 4) is 0 Å². The standard InChI is InChI=1S/C17H34O3/c1-6-10-11-12-13-14-15-16(5)17(18-7-2,19-8-3)20-9-4/h5-15H2,1-4H3. The van der Waals surface area contributed by atoms with Gasteiger partial charge in [0.25, 0.3) is 0 Å². The van der Waals surface area contributed by atoms with E-state index >= 15 is 0 Å². The minimum absolute atomic E-state index is 0.551. The molecular formula is C17H34O3. The summed E-state index contributed by atoms with van der Waals surface area (Å²) < 4.78 is 17.2. The lowest BCUT2D eigenvalue weighted by Gasteiger charge is -2.34. The fourth-order valence-corrected chi connectivity index (χ4v) is 2.27. The summed E-state index contributed by atoms with van der Waals surface area (Å²) in [7, 11) is 0. The quantitative estimate of drug-likeness (QED) is 0.254. The molecular weight excluding hydrogens is 252 g/mol. The van der Waals surface area contributed by atoms with Gasteiger partial charge in [-0.05, 0) is 33.6 Å². The van der Waals surface area contributed by atoms with Crippen molar-refractivity contribution in [3.05, 3.63) is 12.2 Å². The first-order chi connectivity index (χ1) is 9.66. The first-order valence-corrected chi connectivity index (χ1v) is 8.26. The van der Waals surface area contributed by atoms with E-state index in [-0.39, 0.29) is 0 Å². The van der Waals surface area contributed by atoms with Gasteiger partial charge in [0.1, 0.15) is 0 Å². The van der Waals surface area contributed by atoms with Gasteiger partial charge >= 0.3 is 5.97 Å². The number of ether oxygens (including phenoxy) is 3. The zero-order chi connectivity index (χ0) is 15.3. The van der Waals surface area contributed by atoms with Gasteiger partial charge in [-0.25, -0.2) is 0 Å². The van der Waals surface area contributed by atoms with E-state index in [0.29, 0.717) is 19.8 Å². The summed E-state index contributed by atoms with van der Waals surface area (Å²) in [5.41, 5.74) is 0.901. The second-order valence-electron chi connectivity index (χ2n) is 4.98. The largest absolute Gasteiger partial charge is 0.324 e. The molecule has 3 heteroatoms. The molecule has 0 N–H and O–H groups in total. The van der Waals surface area contributed by atoms with Gasteiger partial charge in [0.2, 0.25) is 0 Å². The summed E-state index contributed by atoms with van der Waals surface area (Å²) in [4.78, 5) is 0. The van der Waals surface area contributed by atoms with E-state index in [1.807, 2.05) is 20.8 Å². The Balaban J connectivity index is 4.25. The number of hydrogen-bond acceptors (Lipinski definition) is 3. The highest BCUT2D eigenvalue weighted by Gasteiger charge is 2.35. The first-order valence-electron chi connectivity index (χ1n) is 8.26. The second-order valence-corrected chi connectivity index (χ2v) is 4.98. The van der Waals surface area contributed by atoms with Gasteiger partial charge in [0.05, 0.1) is 0 Å². The van der Waals surface area contributed by atoms with E-state index in [2.05, 4.69) is 13.5 Å². The number of rotatable bonds is 14. The van der Waals surface area contributed by atoms with Crippen LogP contribution in [0, 0.1) is 0 Å². The summed E-state index contributed by atoms with van der Waals surface area (Å²) in [5.74, 6) is -1.04. The van der Waals surface area contributed by atoms with E-state index in [9.17, 15) is 0 Å². The molecule has 0 unspecified atom stereocenters. The Kier molecular flexibility index (Phi) is 12.1. The van der Waals surface area contributed by atoms with Crippen LogP contribution in [0.25, 0.3) is 0 Å². The molecule has 0 amide bonds. The maximum Gasteiger partial charge on any atom is 0.307 e. The Morgan fingerprint density at radius 2 is 1.20 bits per heavy atom. The van der Waals surface area contributed by atoms with Crippen molar-refractivity contribution in [1.29, 1.82) is 0 Å². The molecule has 0 atom stereocenters. The second kappa shape index (κ2) is 12.4. The molecule has 0 spiro atoms. The molecule has 0 aliphatic rings. The van der Waals surface area contributed by atoms with Gasteiger partial charge in [-0.2, -0.15) is 0 Å². The number of hydrogen-bond donors (Lipinski definition) is 0. The highest BCUT2D eigenvalue weighted by molar-refractivity contribution is 5.04. The Bertz CT molecular complexity index is 221. The van der Waals surface area contributed by atoms with Crippen LogP contribution in [0.3, 0.4) is 0 Å². The molecule has 0 aromatic carbocycles. The predicted octanol–water partition coefficient (Wildman–Crippen LogP) is 5.06. The van der Waals surface area contributed by atoms with Gasteiger partial charge in [-0.15, -0.1) is 0 Å². The van der Waals surface area contributed by atoms with Crippen LogP contribution in [0.4, 0.5) is 0 Å². The number of unbranched alkanes of at least 4 members (excludes halogenated alkanes) is 5. The van der Waals surface area contributed by atoms with Crippen molar-refractivity contribution in [2.24, 2.45) is 0 Å². The maximum atomic E-state index is 5.72. The zero-order valence-corrected chi connectivity index (χ0v) is 14.0. The summed E-state index contributed by atoms with van der Waals surface area (Å²) >= 11 is 0. The molecule has 0 aromatic heterocycles. The summed E-state index contributed by atoms with van der Waals surface area (Å²) in [6.07, 6.45) is 8.50. The third kappa shape index (κ3) is 7.41. The minimum atomic E-state index is -1.04. The molecule has 0 aliphatic heterocycles. The van der Waals surface area contributed by atoms with Crippen molar-refractivity contribution in [3.63, 3.8) is 0 Å². The van der Waals surface area contributed by atoms with Gasteiger partial charge in [-0.3, -0.25) is 0 Å². The van der Waals surface area contributed by atoms with E-state index in [0.717, 1.165) is 18.4 Å². The van der Waals surface area contributed by atoms with Crippen molar-refractivity contribution in [2.75, 3.05) is 19.8 Å². The Morgan fingerprint density at radius 3 is 1.65 bits per heavy atom. The van der Waals surface area contributed by atoms with E-state index < -0.39 is 5.97 Å². The average Bonchev–Trinajstić information content (AvgIpc) is 2.43. The third-order valence-corrected chi connectivity index (χ3v) is 3.27. The highest BCUT2D eigenvalue weighted by Crippen LogP contribution is 2.28. The Hall–Kier alpha value is -0.380. The van der Waals surface area contributed by atoms with Crippen LogP contribution < -0.4 is 0 Å². The molecule has 3 nitrogen and oxygen atoms in total. The van der Waals surface area contributed by atoms with E-state index in [1.54, 1.807) is 0 Å². The molecule has 0 radical (unpaired) electrons. The molecule has 0 bridgehead atoms. The van der Waals surface area contributed by atoms with Crippen molar-refractivity contribution in [1.82, 2.24) is 0 Å². The van der Waals surface area contributed by atoms with Gasteiger partial charge in [-0.1, -0.05) is 45.6 Å². The SMILES string of the molecule is C=C(CCCCCCCC)C(OCC)(OCC)OCC. The normalized spacial score (nSPS) is 11.8. The Labute approximate surface area is 125 Å². The third-order valence-electron chi connectivity index (χ3n) is 3.27. The summed E-state index contributed by atoms with van der Waals surface area (Å²) in [6.45, 7) is 13.9. The molecule has 120 valence electrons. The fraction of sp³-hybridized carbons (Fsp3) is 0.882.